The lowest BCUT2D eigenvalue weighted by Gasteiger charge is -2.26. The van der Waals surface area contributed by atoms with Gasteiger partial charge in [-0.15, -0.1) is 0 Å². The Balaban J connectivity index is 1.84. The van der Waals surface area contributed by atoms with E-state index in [1.807, 2.05) is 20.9 Å². The number of likely N-dealkylation sites (tertiary alicyclic amines) is 1. The minimum absolute atomic E-state index is 0.116. The van der Waals surface area contributed by atoms with Crippen molar-refractivity contribution in [2.75, 3.05) is 19.7 Å². The van der Waals surface area contributed by atoms with E-state index in [9.17, 15) is 9.59 Å². The lowest BCUT2D eigenvalue weighted by Crippen LogP contribution is -2.38. The fourth-order valence-electron chi connectivity index (χ4n) is 2.60. The molecule has 1 aromatic rings. The van der Waals surface area contributed by atoms with Gasteiger partial charge in [-0.1, -0.05) is 0 Å². The van der Waals surface area contributed by atoms with Crippen LogP contribution in [0, 0.1) is 13.8 Å². The number of hydrogen-bond acceptors (Lipinski definition) is 4. The van der Waals surface area contributed by atoms with Crippen LogP contribution in [0.25, 0.3) is 6.08 Å². The van der Waals surface area contributed by atoms with E-state index in [1.54, 1.807) is 15.7 Å². The zero-order valence-corrected chi connectivity index (χ0v) is 13.5. The molecule has 6 nitrogen and oxygen atoms in total. The fourth-order valence-corrected chi connectivity index (χ4v) is 2.60. The molecule has 1 aliphatic heterocycles. The summed E-state index contributed by atoms with van der Waals surface area (Å²) < 4.78 is 6.79. The number of nitrogens with zero attached hydrogens (tertiary/aromatic N) is 3. The summed E-state index contributed by atoms with van der Waals surface area (Å²) in [6, 6.07) is 0. The Morgan fingerprint density at radius 1 is 1.23 bits per heavy atom. The molecular formula is C16H23N3O3. The van der Waals surface area contributed by atoms with E-state index in [-0.39, 0.29) is 12.5 Å². The Hall–Kier alpha value is -2.11. The van der Waals surface area contributed by atoms with Crippen LogP contribution in [0.1, 0.15) is 36.2 Å². The van der Waals surface area contributed by atoms with Gasteiger partial charge in [0, 0.05) is 37.5 Å². The third-order valence-electron chi connectivity index (χ3n) is 4.00. The molecule has 1 fully saturated rings. The molecule has 0 radical (unpaired) electrons. The predicted molar refractivity (Wildman–Crippen MR) is 83.1 cm³/mol. The van der Waals surface area contributed by atoms with Gasteiger partial charge in [0.05, 0.1) is 5.69 Å². The van der Waals surface area contributed by atoms with Crippen LogP contribution in [0.5, 0.6) is 0 Å². The number of amides is 1. The van der Waals surface area contributed by atoms with Gasteiger partial charge in [0.15, 0.2) is 6.61 Å². The number of esters is 1. The molecule has 1 amide bonds. The largest absolute Gasteiger partial charge is 0.452 e. The zero-order chi connectivity index (χ0) is 16.1. The van der Waals surface area contributed by atoms with Crippen LogP contribution in [0.4, 0.5) is 0 Å². The number of hydrogen-bond donors (Lipinski definition) is 0. The highest BCUT2D eigenvalue weighted by atomic mass is 16.5. The third-order valence-corrected chi connectivity index (χ3v) is 4.00. The number of piperidine rings is 1. The van der Waals surface area contributed by atoms with Crippen molar-refractivity contribution in [1.82, 2.24) is 14.7 Å². The van der Waals surface area contributed by atoms with Crippen molar-refractivity contribution in [3.63, 3.8) is 0 Å². The molecule has 1 aliphatic rings. The number of aryl methyl sites for hydroxylation is 2. The molecule has 22 heavy (non-hydrogen) atoms. The van der Waals surface area contributed by atoms with Crippen molar-refractivity contribution < 1.29 is 14.3 Å². The van der Waals surface area contributed by atoms with Crippen molar-refractivity contribution in [2.45, 2.75) is 33.1 Å². The number of aromatic nitrogens is 2. The summed E-state index contributed by atoms with van der Waals surface area (Å²) in [7, 11) is 1.86. The maximum Gasteiger partial charge on any atom is 0.331 e. The second-order valence-electron chi connectivity index (χ2n) is 5.59. The smallest absolute Gasteiger partial charge is 0.331 e. The van der Waals surface area contributed by atoms with E-state index in [2.05, 4.69) is 5.10 Å². The summed E-state index contributed by atoms with van der Waals surface area (Å²) >= 11 is 0. The maximum absolute atomic E-state index is 11.9. The van der Waals surface area contributed by atoms with Crippen molar-refractivity contribution >= 4 is 18.0 Å². The molecule has 2 heterocycles. The summed E-state index contributed by atoms with van der Waals surface area (Å²) in [5.41, 5.74) is 2.74. The van der Waals surface area contributed by atoms with E-state index >= 15 is 0 Å². The van der Waals surface area contributed by atoms with Gasteiger partial charge in [-0.25, -0.2) is 4.79 Å². The predicted octanol–water partition coefficient (Wildman–Crippen LogP) is 1.61. The Morgan fingerprint density at radius 2 is 1.91 bits per heavy atom. The highest BCUT2D eigenvalue weighted by Crippen LogP contribution is 2.13. The molecule has 120 valence electrons. The lowest BCUT2D eigenvalue weighted by atomic mass is 10.1. The highest BCUT2D eigenvalue weighted by Gasteiger charge is 2.17. The highest BCUT2D eigenvalue weighted by molar-refractivity contribution is 5.89. The lowest BCUT2D eigenvalue weighted by molar-refractivity contribution is -0.148. The average Bonchev–Trinajstić information content (AvgIpc) is 2.76. The summed E-state index contributed by atoms with van der Waals surface area (Å²) in [6.45, 7) is 5.16. The normalized spacial score (nSPS) is 15.3. The van der Waals surface area contributed by atoms with E-state index in [1.165, 1.54) is 6.08 Å². The topological polar surface area (TPSA) is 64.4 Å². The van der Waals surface area contributed by atoms with Crippen molar-refractivity contribution in [2.24, 2.45) is 7.05 Å². The summed E-state index contributed by atoms with van der Waals surface area (Å²) in [6.07, 6.45) is 6.25. The third kappa shape index (κ3) is 3.96. The van der Waals surface area contributed by atoms with Crippen molar-refractivity contribution in [3.8, 4) is 0 Å². The monoisotopic (exact) mass is 305 g/mol. The number of carbonyl (C=O) groups excluding carboxylic acids is 2. The van der Waals surface area contributed by atoms with E-state index in [4.69, 9.17) is 4.74 Å². The van der Waals surface area contributed by atoms with Gasteiger partial charge in [-0.05, 0) is 39.2 Å². The second-order valence-corrected chi connectivity index (χ2v) is 5.59. The van der Waals surface area contributed by atoms with Crippen LogP contribution < -0.4 is 0 Å². The Bertz CT molecular complexity index is 584. The molecule has 0 atom stereocenters. The first-order valence-corrected chi connectivity index (χ1v) is 7.62. The Labute approximate surface area is 130 Å². The standard InChI is InChI=1S/C16H23N3O3/c1-12-14(13(2)18(3)17-12)7-8-16(21)22-11-15(20)19-9-5-4-6-10-19/h7-8H,4-6,9-11H2,1-3H3/b8-7+. The molecule has 0 bridgehead atoms. The minimum Gasteiger partial charge on any atom is -0.452 e. The first kappa shape index (κ1) is 16.3. The van der Waals surface area contributed by atoms with E-state index < -0.39 is 5.97 Å². The molecule has 0 saturated carbocycles. The number of rotatable bonds is 4. The van der Waals surface area contributed by atoms with Gasteiger partial charge >= 0.3 is 5.97 Å². The van der Waals surface area contributed by atoms with Gasteiger partial charge in [-0.3, -0.25) is 9.48 Å². The molecule has 0 aromatic carbocycles. The Morgan fingerprint density at radius 3 is 2.50 bits per heavy atom. The number of ether oxygens (including phenoxy) is 1. The Kier molecular flexibility index (Phi) is 5.35. The summed E-state index contributed by atoms with van der Waals surface area (Å²) in [4.78, 5) is 25.4. The van der Waals surface area contributed by atoms with Gasteiger partial charge in [0.25, 0.3) is 5.91 Å². The minimum atomic E-state index is -0.506. The van der Waals surface area contributed by atoms with Gasteiger partial charge in [-0.2, -0.15) is 5.10 Å². The van der Waals surface area contributed by atoms with Gasteiger partial charge in [0.1, 0.15) is 0 Å². The fraction of sp³-hybridized carbons (Fsp3) is 0.562. The zero-order valence-electron chi connectivity index (χ0n) is 13.5. The molecule has 0 aliphatic carbocycles. The van der Waals surface area contributed by atoms with Crippen LogP contribution in [0.15, 0.2) is 6.08 Å². The first-order valence-electron chi connectivity index (χ1n) is 7.62. The van der Waals surface area contributed by atoms with Crippen LogP contribution in [-0.2, 0) is 21.4 Å². The van der Waals surface area contributed by atoms with E-state index in [0.717, 1.165) is 49.3 Å². The quantitative estimate of drug-likeness (QED) is 0.626. The first-order chi connectivity index (χ1) is 10.5. The molecule has 6 heteroatoms. The van der Waals surface area contributed by atoms with Gasteiger partial charge < -0.3 is 9.64 Å². The number of carbonyl (C=O) groups is 2. The molecule has 1 saturated heterocycles. The SMILES string of the molecule is Cc1nn(C)c(C)c1/C=C/C(=O)OCC(=O)N1CCCCC1. The molecule has 0 spiro atoms. The molecule has 1 aromatic heterocycles. The molecule has 0 unspecified atom stereocenters. The van der Waals surface area contributed by atoms with Crippen LogP contribution >= 0.6 is 0 Å². The van der Waals surface area contributed by atoms with E-state index in [0.29, 0.717) is 0 Å². The van der Waals surface area contributed by atoms with Crippen molar-refractivity contribution in [3.05, 3.63) is 23.0 Å². The molecule has 0 N–H and O–H groups in total. The maximum atomic E-state index is 11.9. The van der Waals surface area contributed by atoms with Gasteiger partial charge in [0.2, 0.25) is 0 Å². The summed E-state index contributed by atoms with van der Waals surface area (Å²) in [5, 5.41) is 4.28. The summed E-state index contributed by atoms with van der Waals surface area (Å²) in [5.74, 6) is -0.622. The van der Waals surface area contributed by atoms with Crippen LogP contribution in [-0.4, -0.2) is 46.3 Å². The average molecular weight is 305 g/mol. The van der Waals surface area contributed by atoms with Crippen LogP contribution in [0.2, 0.25) is 0 Å². The second kappa shape index (κ2) is 7.24. The van der Waals surface area contributed by atoms with Crippen LogP contribution in [0.3, 0.4) is 0 Å². The molecular weight excluding hydrogens is 282 g/mol. The van der Waals surface area contributed by atoms with Crippen molar-refractivity contribution in [1.29, 1.82) is 0 Å². The molecule has 2 rings (SSSR count).